The van der Waals surface area contributed by atoms with Crippen molar-refractivity contribution in [2.45, 2.75) is 0 Å². The molecule has 0 spiro atoms. The molecule has 0 aliphatic carbocycles. The Hall–Kier alpha value is -2.14. The SMILES string of the molecule is Nc1nc2ccc(C(=O)Cl)cc2c2cncn12. The van der Waals surface area contributed by atoms with E-state index < -0.39 is 5.24 Å². The van der Waals surface area contributed by atoms with Gasteiger partial charge in [0.05, 0.1) is 17.2 Å². The number of carbonyl (C=O) groups is 1. The van der Waals surface area contributed by atoms with E-state index in [2.05, 4.69) is 9.97 Å². The number of aromatic nitrogens is 3. The number of nitrogens with two attached hydrogens (primary N) is 1. The van der Waals surface area contributed by atoms with E-state index in [0.717, 1.165) is 10.9 Å². The average Bonchev–Trinajstić information content (AvgIpc) is 2.78. The summed E-state index contributed by atoms with van der Waals surface area (Å²) in [5.74, 6) is 0.356. The van der Waals surface area contributed by atoms with Gasteiger partial charge in [0.15, 0.2) is 0 Å². The number of fused-ring (bicyclic) bond motifs is 3. The third-order valence-corrected chi connectivity index (χ3v) is 2.84. The number of carbonyl (C=O) groups excluding carboxylic acids is 1. The standard InChI is InChI=1S/C11H7ClN4O/c12-10(17)6-1-2-8-7(3-6)9-4-14-5-16(9)11(13)15-8/h1-5H,(H2,13,15). The van der Waals surface area contributed by atoms with Gasteiger partial charge in [-0.25, -0.2) is 9.97 Å². The molecule has 2 aromatic heterocycles. The van der Waals surface area contributed by atoms with Crippen LogP contribution in [0.5, 0.6) is 0 Å². The van der Waals surface area contributed by atoms with Crippen LogP contribution >= 0.6 is 11.6 Å². The lowest BCUT2D eigenvalue weighted by Crippen LogP contribution is -2.00. The van der Waals surface area contributed by atoms with E-state index in [1.165, 1.54) is 0 Å². The number of hydrogen-bond donors (Lipinski definition) is 1. The fourth-order valence-electron chi connectivity index (χ4n) is 1.82. The van der Waals surface area contributed by atoms with Gasteiger partial charge in [0.1, 0.15) is 6.33 Å². The van der Waals surface area contributed by atoms with Crippen molar-refractivity contribution in [1.29, 1.82) is 0 Å². The number of halogens is 1. The molecule has 1 aromatic carbocycles. The second-order valence-corrected chi connectivity index (χ2v) is 3.97. The Bertz CT molecular complexity index is 750. The molecular formula is C11H7ClN4O. The van der Waals surface area contributed by atoms with Gasteiger partial charge in [-0.2, -0.15) is 0 Å². The summed E-state index contributed by atoms with van der Waals surface area (Å²) in [6.45, 7) is 0. The first-order valence-electron chi connectivity index (χ1n) is 4.88. The number of nitrogens with zero attached hydrogens (tertiary/aromatic N) is 3. The van der Waals surface area contributed by atoms with Gasteiger partial charge in [-0.3, -0.25) is 9.20 Å². The highest BCUT2D eigenvalue weighted by Crippen LogP contribution is 2.22. The zero-order valence-corrected chi connectivity index (χ0v) is 9.35. The molecule has 0 saturated carbocycles. The Morgan fingerprint density at radius 1 is 1.41 bits per heavy atom. The highest BCUT2D eigenvalue weighted by molar-refractivity contribution is 6.67. The quantitative estimate of drug-likeness (QED) is 0.665. The van der Waals surface area contributed by atoms with E-state index in [9.17, 15) is 4.79 Å². The van der Waals surface area contributed by atoms with Crippen LogP contribution in [0.2, 0.25) is 0 Å². The van der Waals surface area contributed by atoms with Crippen LogP contribution in [0.3, 0.4) is 0 Å². The van der Waals surface area contributed by atoms with E-state index >= 15 is 0 Å². The molecule has 0 aliphatic heterocycles. The molecule has 2 N–H and O–H groups in total. The minimum absolute atomic E-state index is 0.356. The van der Waals surface area contributed by atoms with Gasteiger partial charge in [-0.15, -0.1) is 0 Å². The summed E-state index contributed by atoms with van der Waals surface area (Å²) in [4.78, 5) is 19.4. The van der Waals surface area contributed by atoms with Gasteiger partial charge in [-0.05, 0) is 29.8 Å². The topological polar surface area (TPSA) is 73.3 Å². The summed E-state index contributed by atoms with van der Waals surface area (Å²) >= 11 is 5.45. The molecule has 6 heteroatoms. The molecule has 0 amide bonds. The molecule has 0 atom stereocenters. The maximum Gasteiger partial charge on any atom is 0.252 e. The second kappa shape index (κ2) is 3.43. The second-order valence-electron chi connectivity index (χ2n) is 3.62. The summed E-state index contributed by atoms with van der Waals surface area (Å²) in [5.41, 5.74) is 7.71. The fourth-order valence-corrected chi connectivity index (χ4v) is 1.93. The van der Waals surface area contributed by atoms with Crippen molar-refractivity contribution in [1.82, 2.24) is 14.4 Å². The lowest BCUT2D eigenvalue weighted by atomic mass is 10.1. The van der Waals surface area contributed by atoms with Crippen LogP contribution in [-0.2, 0) is 0 Å². The van der Waals surface area contributed by atoms with Crippen molar-refractivity contribution >= 4 is 39.2 Å². The smallest absolute Gasteiger partial charge is 0.252 e. The number of benzene rings is 1. The first-order valence-corrected chi connectivity index (χ1v) is 5.26. The van der Waals surface area contributed by atoms with Gasteiger partial charge in [-0.1, -0.05) is 0 Å². The summed E-state index contributed by atoms with van der Waals surface area (Å²) in [6, 6.07) is 5.03. The van der Waals surface area contributed by atoms with E-state index in [1.807, 2.05) is 0 Å². The van der Waals surface area contributed by atoms with Crippen LogP contribution in [0.25, 0.3) is 16.4 Å². The average molecular weight is 247 g/mol. The molecule has 17 heavy (non-hydrogen) atoms. The third-order valence-electron chi connectivity index (χ3n) is 2.62. The van der Waals surface area contributed by atoms with Crippen molar-refractivity contribution in [2.24, 2.45) is 0 Å². The number of rotatable bonds is 1. The predicted molar refractivity (Wildman–Crippen MR) is 65.1 cm³/mol. The highest BCUT2D eigenvalue weighted by atomic mass is 35.5. The Labute approximate surface area is 101 Å². The van der Waals surface area contributed by atoms with Crippen molar-refractivity contribution in [2.75, 3.05) is 5.73 Å². The molecular weight excluding hydrogens is 240 g/mol. The van der Waals surface area contributed by atoms with Crippen LogP contribution < -0.4 is 5.73 Å². The Morgan fingerprint density at radius 3 is 3.00 bits per heavy atom. The molecule has 84 valence electrons. The Balaban J connectivity index is 2.48. The van der Waals surface area contributed by atoms with E-state index in [4.69, 9.17) is 17.3 Å². The number of nitrogen functional groups attached to an aromatic ring is 1. The van der Waals surface area contributed by atoms with Gasteiger partial charge >= 0.3 is 0 Å². The van der Waals surface area contributed by atoms with Gasteiger partial charge < -0.3 is 5.73 Å². The summed E-state index contributed by atoms with van der Waals surface area (Å²) < 4.78 is 1.66. The first kappa shape index (κ1) is 10.0. The first-order chi connectivity index (χ1) is 8.16. The molecule has 3 aromatic rings. The summed E-state index contributed by atoms with van der Waals surface area (Å²) in [7, 11) is 0. The molecule has 0 radical (unpaired) electrons. The fraction of sp³-hybridized carbons (Fsp3) is 0. The van der Waals surface area contributed by atoms with Crippen LogP contribution in [0.15, 0.2) is 30.7 Å². The van der Waals surface area contributed by atoms with E-state index in [0.29, 0.717) is 17.0 Å². The maximum absolute atomic E-state index is 11.1. The lowest BCUT2D eigenvalue weighted by Gasteiger charge is -2.04. The lowest BCUT2D eigenvalue weighted by molar-refractivity contribution is 0.108. The van der Waals surface area contributed by atoms with Crippen LogP contribution in [-0.4, -0.2) is 19.6 Å². The molecule has 0 saturated heterocycles. The molecule has 0 fully saturated rings. The summed E-state index contributed by atoms with van der Waals surface area (Å²) in [5, 5.41) is 0.296. The van der Waals surface area contributed by atoms with Crippen molar-refractivity contribution in [3.05, 3.63) is 36.3 Å². The minimum Gasteiger partial charge on any atom is -0.369 e. The number of anilines is 1. The summed E-state index contributed by atoms with van der Waals surface area (Å²) in [6.07, 6.45) is 3.25. The molecule has 0 aliphatic rings. The molecule has 0 unspecified atom stereocenters. The molecule has 2 heterocycles. The maximum atomic E-state index is 11.1. The number of imidazole rings is 1. The molecule has 0 bridgehead atoms. The van der Waals surface area contributed by atoms with Crippen LogP contribution in [0, 0.1) is 0 Å². The monoisotopic (exact) mass is 246 g/mol. The zero-order valence-electron chi connectivity index (χ0n) is 8.59. The minimum atomic E-state index is -0.499. The predicted octanol–water partition coefficient (Wildman–Crippen LogP) is 1.84. The Kier molecular flexibility index (Phi) is 2.02. The number of hydrogen-bond acceptors (Lipinski definition) is 4. The third kappa shape index (κ3) is 1.43. The van der Waals surface area contributed by atoms with Crippen LogP contribution in [0.1, 0.15) is 10.4 Å². The van der Waals surface area contributed by atoms with Crippen molar-refractivity contribution in [3.8, 4) is 0 Å². The van der Waals surface area contributed by atoms with Crippen molar-refractivity contribution < 1.29 is 4.79 Å². The van der Waals surface area contributed by atoms with E-state index in [1.54, 1.807) is 35.1 Å². The van der Waals surface area contributed by atoms with E-state index in [-0.39, 0.29) is 0 Å². The molecule has 3 rings (SSSR count). The molecule has 5 nitrogen and oxygen atoms in total. The zero-order chi connectivity index (χ0) is 12.0. The normalized spacial score (nSPS) is 11.1. The van der Waals surface area contributed by atoms with Gasteiger partial charge in [0, 0.05) is 10.9 Å². The largest absolute Gasteiger partial charge is 0.369 e. The highest BCUT2D eigenvalue weighted by Gasteiger charge is 2.09. The van der Waals surface area contributed by atoms with Crippen LogP contribution in [0.4, 0.5) is 5.95 Å². The van der Waals surface area contributed by atoms with Crippen molar-refractivity contribution in [3.63, 3.8) is 0 Å². The Morgan fingerprint density at radius 2 is 2.24 bits per heavy atom. The van der Waals surface area contributed by atoms with Gasteiger partial charge in [0.2, 0.25) is 5.95 Å². The van der Waals surface area contributed by atoms with Gasteiger partial charge in [0.25, 0.3) is 5.24 Å².